The van der Waals surface area contributed by atoms with Crippen molar-refractivity contribution >= 4 is 16.4 Å². The van der Waals surface area contributed by atoms with Crippen molar-refractivity contribution in [2.45, 2.75) is 5.75 Å². The van der Waals surface area contributed by atoms with Gasteiger partial charge in [-0.3, -0.25) is 0 Å². The van der Waals surface area contributed by atoms with Crippen molar-refractivity contribution in [3.05, 3.63) is 24.5 Å². The number of hydrogen-bond donors (Lipinski definition) is 0. The Labute approximate surface area is 69.5 Å². The molecule has 0 aliphatic carbocycles. The molecule has 12 heavy (non-hydrogen) atoms. The summed E-state index contributed by atoms with van der Waals surface area (Å²) in [5.41, 5.74) is 0.303. The van der Waals surface area contributed by atoms with Crippen molar-refractivity contribution in [3.8, 4) is 0 Å². The van der Waals surface area contributed by atoms with E-state index in [2.05, 4.69) is 11.7 Å². The van der Waals surface area contributed by atoms with Crippen molar-refractivity contribution in [2.75, 3.05) is 0 Å². The third-order valence-electron chi connectivity index (χ3n) is 1.18. The number of rotatable bonds is 3. The molecule has 0 saturated heterocycles. The quantitative estimate of drug-likeness (QED) is 0.662. The average Bonchev–Trinajstić information content (AvgIpc) is 2.32. The summed E-state index contributed by atoms with van der Waals surface area (Å²) in [5, 5.41) is 3.69. The summed E-state index contributed by atoms with van der Waals surface area (Å²) in [6.07, 6.45) is 4.05. The van der Waals surface area contributed by atoms with Crippen LogP contribution in [0.15, 0.2) is 19.0 Å². The molecule has 1 aromatic heterocycles. The van der Waals surface area contributed by atoms with Crippen LogP contribution in [0.25, 0.3) is 6.20 Å². The minimum Gasteiger partial charge on any atom is -0.249 e. The Kier molecular flexibility index (Phi) is 2.27. The van der Waals surface area contributed by atoms with Gasteiger partial charge >= 0.3 is 10.2 Å². The SMILES string of the molecule is C=Cn1cc(CS(=O)(=O)F)cn1. The number of aromatic nitrogens is 2. The topological polar surface area (TPSA) is 52.0 Å². The lowest BCUT2D eigenvalue weighted by molar-refractivity contribution is 0.551. The first-order chi connectivity index (χ1) is 5.51. The molecule has 6 heteroatoms. The second-order valence-corrected chi connectivity index (χ2v) is 3.56. The van der Waals surface area contributed by atoms with Crippen LogP contribution in [-0.2, 0) is 16.0 Å². The molecule has 0 saturated carbocycles. The molecule has 0 N–H and O–H groups in total. The van der Waals surface area contributed by atoms with Crippen molar-refractivity contribution in [1.29, 1.82) is 0 Å². The lowest BCUT2D eigenvalue weighted by atomic mass is 10.4. The Balaban J connectivity index is 2.84. The van der Waals surface area contributed by atoms with E-state index in [1.807, 2.05) is 0 Å². The maximum atomic E-state index is 12.1. The van der Waals surface area contributed by atoms with Crippen molar-refractivity contribution in [2.24, 2.45) is 0 Å². The Morgan fingerprint density at radius 2 is 2.42 bits per heavy atom. The molecule has 0 amide bonds. The van der Waals surface area contributed by atoms with E-state index in [9.17, 15) is 12.3 Å². The second kappa shape index (κ2) is 3.06. The third kappa shape index (κ3) is 2.46. The predicted octanol–water partition coefficient (Wildman–Crippen LogP) is 0.783. The molecule has 0 aliphatic rings. The Morgan fingerprint density at radius 1 is 1.75 bits per heavy atom. The van der Waals surface area contributed by atoms with Gasteiger partial charge in [0.1, 0.15) is 5.75 Å². The van der Waals surface area contributed by atoms with Crippen LogP contribution in [0.2, 0.25) is 0 Å². The third-order valence-corrected chi connectivity index (χ3v) is 1.86. The van der Waals surface area contributed by atoms with Crippen LogP contribution in [-0.4, -0.2) is 18.2 Å². The van der Waals surface area contributed by atoms with Gasteiger partial charge in [-0.1, -0.05) is 6.58 Å². The van der Waals surface area contributed by atoms with Crippen LogP contribution >= 0.6 is 0 Å². The van der Waals surface area contributed by atoms with E-state index in [-0.39, 0.29) is 0 Å². The average molecular weight is 190 g/mol. The summed E-state index contributed by atoms with van der Waals surface area (Å²) in [7, 11) is -4.46. The minimum atomic E-state index is -4.46. The fourth-order valence-corrected chi connectivity index (χ4v) is 1.30. The standard InChI is InChI=1S/C6H7FN2O2S/c1-2-9-4-6(3-8-9)5-12(7,10)11/h2-4H,1,5H2. The Bertz CT molecular complexity index is 382. The largest absolute Gasteiger partial charge is 0.306 e. The molecule has 4 nitrogen and oxygen atoms in total. The zero-order chi connectivity index (χ0) is 9.19. The van der Waals surface area contributed by atoms with Crippen LogP contribution < -0.4 is 0 Å². The minimum absolute atomic E-state index is 0.303. The van der Waals surface area contributed by atoms with E-state index >= 15 is 0 Å². The molecule has 66 valence electrons. The molecule has 0 aliphatic heterocycles. The first-order valence-electron chi connectivity index (χ1n) is 3.09. The molecule has 0 fully saturated rings. The lowest BCUT2D eigenvalue weighted by Gasteiger charge is -1.88. The molecular weight excluding hydrogens is 183 g/mol. The summed E-state index contributed by atoms with van der Waals surface area (Å²) in [6, 6.07) is 0. The van der Waals surface area contributed by atoms with E-state index in [1.54, 1.807) is 0 Å². The van der Waals surface area contributed by atoms with E-state index in [1.165, 1.54) is 23.3 Å². The zero-order valence-corrected chi connectivity index (χ0v) is 6.96. The summed E-state index contributed by atoms with van der Waals surface area (Å²) < 4.78 is 33.7. The van der Waals surface area contributed by atoms with Crippen molar-refractivity contribution in [3.63, 3.8) is 0 Å². The van der Waals surface area contributed by atoms with Gasteiger partial charge in [0, 0.05) is 18.0 Å². The van der Waals surface area contributed by atoms with Gasteiger partial charge in [0.25, 0.3) is 0 Å². The maximum absolute atomic E-state index is 12.1. The molecule has 0 aromatic carbocycles. The van der Waals surface area contributed by atoms with Gasteiger partial charge < -0.3 is 0 Å². The molecule has 1 rings (SSSR count). The fraction of sp³-hybridized carbons (Fsp3) is 0.167. The van der Waals surface area contributed by atoms with Gasteiger partial charge in [0.15, 0.2) is 0 Å². The Hall–Kier alpha value is -1.17. The Morgan fingerprint density at radius 3 is 2.83 bits per heavy atom. The normalized spacial score (nSPS) is 11.4. The van der Waals surface area contributed by atoms with Gasteiger partial charge in [-0.25, -0.2) is 4.68 Å². The number of hydrogen-bond acceptors (Lipinski definition) is 3. The van der Waals surface area contributed by atoms with Crippen LogP contribution in [0.3, 0.4) is 0 Å². The van der Waals surface area contributed by atoms with E-state index in [0.29, 0.717) is 5.56 Å². The van der Waals surface area contributed by atoms with Crippen molar-refractivity contribution < 1.29 is 12.3 Å². The highest BCUT2D eigenvalue weighted by Crippen LogP contribution is 2.05. The van der Waals surface area contributed by atoms with Crippen LogP contribution in [0, 0.1) is 0 Å². The summed E-state index contributed by atoms with van der Waals surface area (Å²) in [6.45, 7) is 3.40. The molecule has 0 spiro atoms. The molecule has 1 heterocycles. The highest BCUT2D eigenvalue weighted by molar-refractivity contribution is 7.85. The summed E-state index contributed by atoms with van der Waals surface area (Å²) in [4.78, 5) is 0. The maximum Gasteiger partial charge on any atom is 0.306 e. The highest BCUT2D eigenvalue weighted by atomic mass is 32.3. The van der Waals surface area contributed by atoms with E-state index in [0.717, 1.165) is 0 Å². The van der Waals surface area contributed by atoms with Crippen LogP contribution in [0.1, 0.15) is 5.56 Å². The molecule has 1 aromatic rings. The van der Waals surface area contributed by atoms with E-state index < -0.39 is 16.0 Å². The number of halogens is 1. The fourth-order valence-electron chi connectivity index (χ4n) is 0.751. The van der Waals surface area contributed by atoms with Gasteiger partial charge in [-0.15, -0.1) is 3.89 Å². The van der Waals surface area contributed by atoms with Gasteiger partial charge in [0.2, 0.25) is 0 Å². The number of nitrogens with zero attached hydrogens (tertiary/aromatic N) is 2. The zero-order valence-electron chi connectivity index (χ0n) is 6.14. The van der Waals surface area contributed by atoms with Gasteiger partial charge in [-0.2, -0.15) is 13.5 Å². The second-order valence-electron chi connectivity index (χ2n) is 2.19. The van der Waals surface area contributed by atoms with Crippen LogP contribution in [0.4, 0.5) is 3.89 Å². The molecule has 0 unspecified atom stereocenters. The van der Waals surface area contributed by atoms with Crippen molar-refractivity contribution in [1.82, 2.24) is 9.78 Å². The summed E-state index contributed by atoms with van der Waals surface area (Å²) >= 11 is 0. The van der Waals surface area contributed by atoms with E-state index in [4.69, 9.17) is 0 Å². The molecule has 0 bridgehead atoms. The summed E-state index contributed by atoms with van der Waals surface area (Å²) in [5.74, 6) is -0.638. The van der Waals surface area contributed by atoms with Gasteiger partial charge in [-0.05, 0) is 0 Å². The highest BCUT2D eigenvalue weighted by Gasteiger charge is 2.09. The first-order valence-corrected chi connectivity index (χ1v) is 4.64. The van der Waals surface area contributed by atoms with Crippen LogP contribution in [0.5, 0.6) is 0 Å². The molecule has 0 atom stereocenters. The molecule has 0 radical (unpaired) electrons. The monoisotopic (exact) mass is 190 g/mol. The van der Waals surface area contributed by atoms with Gasteiger partial charge in [0.05, 0.1) is 6.20 Å². The predicted molar refractivity (Wildman–Crippen MR) is 42.3 cm³/mol. The smallest absolute Gasteiger partial charge is 0.249 e. The molecular formula is C6H7FN2O2S. The lowest BCUT2D eigenvalue weighted by Crippen LogP contribution is -1.94. The first kappa shape index (κ1) is 8.92.